The summed E-state index contributed by atoms with van der Waals surface area (Å²) < 4.78 is 28.8. The number of rotatable bonds is 8. The molecule has 184 valence electrons. The van der Waals surface area contributed by atoms with E-state index in [1.165, 1.54) is 9.87 Å². The summed E-state index contributed by atoms with van der Waals surface area (Å²) >= 11 is 7.71. The van der Waals surface area contributed by atoms with Crippen LogP contribution in [-0.2, 0) is 21.2 Å². The Kier molecular flexibility index (Phi) is 8.22. The lowest BCUT2D eigenvalue weighted by atomic mass is 9.90. The van der Waals surface area contributed by atoms with Gasteiger partial charge in [-0.2, -0.15) is 16.1 Å². The SMILES string of the molecule is Cc1ccc(S(=O)(=O)N2C[C@@H](C(=O)O)[C@H](SCCc3ccccc3)C[C@H]2c2ccc(Cl)cc2)cc1. The first-order valence-corrected chi connectivity index (χ1v) is 14.3. The average molecular weight is 530 g/mol. The smallest absolute Gasteiger partial charge is 0.308 e. The zero-order valence-electron chi connectivity index (χ0n) is 19.4. The van der Waals surface area contributed by atoms with Gasteiger partial charge in [0.1, 0.15) is 0 Å². The molecule has 35 heavy (non-hydrogen) atoms. The Bertz CT molecular complexity index is 1250. The molecule has 5 nitrogen and oxygen atoms in total. The normalized spacial score (nSPS) is 21.0. The molecule has 3 aromatic rings. The molecule has 0 aliphatic carbocycles. The van der Waals surface area contributed by atoms with Crippen LogP contribution in [0, 0.1) is 12.8 Å². The molecule has 3 aromatic carbocycles. The Morgan fingerprint density at radius 2 is 1.69 bits per heavy atom. The van der Waals surface area contributed by atoms with Crippen LogP contribution in [0.3, 0.4) is 0 Å². The number of aryl methyl sites for hydroxylation is 2. The van der Waals surface area contributed by atoms with Gasteiger partial charge in [0, 0.05) is 16.8 Å². The molecule has 0 unspecified atom stereocenters. The molecule has 1 aliphatic rings. The minimum absolute atomic E-state index is 0.0815. The molecule has 8 heteroatoms. The molecule has 0 spiro atoms. The number of hydrogen-bond donors (Lipinski definition) is 1. The first-order valence-electron chi connectivity index (χ1n) is 11.5. The zero-order valence-corrected chi connectivity index (χ0v) is 21.8. The fourth-order valence-electron chi connectivity index (χ4n) is 4.43. The van der Waals surface area contributed by atoms with Crippen LogP contribution < -0.4 is 0 Å². The van der Waals surface area contributed by atoms with Gasteiger partial charge in [-0.15, -0.1) is 0 Å². The number of piperidine rings is 1. The first kappa shape index (κ1) is 25.8. The largest absolute Gasteiger partial charge is 0.481 e. The number of carboxylic acids is 1. The number of halogens is 1. The Labute approximate surface area is 216 Å². The van der Waals surface area contributed by atoms with Gasteiger partial charge in [-0.1, -0.05) is 71.8 Å². The summed E-state index contributed by atoms with van der Waals surface area (Å²) in [5, 5.41) is 10.4. The van der Waals surface area contributed by atoms with Crippen molar-refractivity contribution in [3.8, 4) is 0 Å². The third-order valence-corrected chi connectivity index (χ3v) is 9.92. The lowest BCUT2D eigenvalue weighted by molar-refractivity contribution is -0.143. The van der Waals surface area contributed by atoms with E-state index in [0.717, 1.165) is 23.3 Å². The highest BCUT2D eigenvalue weighted by Crippen LogP contribution is 2.42. The van der Waals surface area contributed by atoms with Crippen molar-refractivity contribution in [2.75, 3.05) is 12.3 Å². The van der Waals surface area contributed by atoms with Gasteiger partial charge in [-0.05, 0) is 60.9 Å². The summed E-state index contributed by atoms with van der Waals surface area (Å²) in [4.78, 5) is 12.5. The fraction of sp³-hybridized carbons (Fsp3) is 0.296. The molecule has 0 amide bonds. The molecule has 1 N–H and O–H groups in total. The molecule has 3 atom stereocenters. The average Bonchev–Trinajstić information content (AvgIpc) is 2.85. The molecule has 0 radical (unpaired) electrons. The highest BCUT2D eigenvalue weighted by Gasteiger charge is 2.45. The van der Waals surface area contributed by atoms with Crippen LogP contribution in [0.2, 0.25) is 5.02 Å². The van der Waals surface area contributed by atoms with E-state index in [1.54, 1.807) is 48.2 Å². The van der Waals surface area contributed by atoms with E-state index in [9.17, 15) is 18.3 Å². The Morgan fingerprint density at radius 3 is 2.31 bits per heavy atom. The highest BCUT2D eigenvalue weighted by atomic mass is 35.5. The van der Waals surface area contributed by atoms with Gasteiger partial charge in [0.2, 0.25) is 10.0 Å². The van der Waals surface area contributed by atoms with Crippen molar-refractivity contribution in [2.45, 2.75) is 36.0 Å². The second-order valence-corrected chi connectivity index (χ2v) is 12.5. The monoisotopic (exact) mass is 529 g/mol. The van der Waals surface area contributed by atoms with E-state index in [-0.39, 0.29) is 16.7 Å². The van der Waals surface area contributed by atoms with Gasteiger partial charge in [0.15, 0.2) is 0 Å². The highest BCUT2D eigenvalue weighted by molar-refractivity contribution is 7.99. The maximum atomic E-state index is 13.7. The van der Waals surface area contributed by atoms with Crippen molar-refractivity contribution in [3.05, 3.63) is 101 Å². The van der Waals surface area contributed by atoms with E-state index < -0.39 is 28.0 Å². The van der Waals surface area contributed by atoms with Gasteiger partial charge < -0.3 is 5.11 Å². The summed E-state index contributed by atoms with van der Waals surface area (Å²) in [5.41, 5.74) is 2.96. The molecule has 0 saturated carbocycles. The molecule has 1 heterocycles. The summed E-state index contributed by atoms with van der Waals surface area (Å²) in [6, 6.07) is 23.4. The van der Waals surface area contributed by atoms with Crippen molar-refractivity contribution >= 4 is 39.4 Å². The Hall–Kier alpha value is -2.32. The molecular formula is C27H28ClNO4S2. The molecule has 1 aliphatic heterocycles. The summed E-state index contributed by atoms with van der Waals surface area (Å²) in [6.45, 7) is 1.81. The zero-order chi connectivity index (χ0) is 25.0. The summed E-state index contributed by atoms with van der Waals surface area (Å²) in [6.07, 6.45) is 1.23. The lowest BCUT2D eigenvalue weighted by Crippen LogP contribution is -2.49. The van der Waals surface area contributed by atoms with Gasteiger partial charge in [-0.25, -0.2) is 8.42 Å². The van der Waals surface area contributed by atoms with Crippen molar-refractivity contribution < 1.29 is 18.3 Å². The maximum absolute atomic E-state index is 13.7. The van der Waals surface area contributed by atoms with Gasteiger partial charge in [-0.3, -0.25) is 4.79 Å². The predicted octanol–water partition coefficient (Wildman–Crippen LogP) is 5.83. The second kappa shape index (κ2) is 11.2. The van der Waals surface area contributed by atoms with Gasteiger partial charge >= 0.3 is 5.97 Å². The predicted molar refractivity (Wildman–Crippen MR) is 141 cm³/mol. The van der Waals surface area contributed by atoms with Crippen molar-refractivity contribution in [1.29, 1.82) is 0 Å². The van der Waals surface area contributed by atoms with Crippen LogP contribution in [0.15, 0.2) is 83.8 Å². The second-order valence-electron chi connectivity index (χ2n) is 8.78. The van der Waals surface area contributed by atoms with Gasteiger partial charge in [0.05, 0.1) is 16.9 Å². The van der Waals surface area contributed by atoms with Gasteiger partial charge in [0.25, 0.3) is 0 Å². The topological polar surface area (TPSA) is 74.7 Å². The van der Waals surface area contributed by atoms with Crippen molar-refractivity contribution in [1.82, 2.24) is 4.31 Å². The summed E-state index contributed by atoms with van der Waals surface area (Å²) in [5.74, 6) is -1.02. The first-order chi connectivity index (χ1) is 16.8. The van der Waals surface area contributed by atoms with Crippen molar-refractivity contribution in [2.24, 2.45) is 5.92 Å². The number of benzene rings is 3. The molecule has 1 fully saturated rings. The third kappa shape index (κ3) is 6.09. The molecular weight excluding hydrogens is 502 g/mol. The van der Waals surface area contributed by atoms with E-state index in [0.29, 0.717) is 11.4 Å². The number of thioether (sulfide) groups is 1. The van der Waals surface area contributed by atoms with E-state index >= 15 is 0 Å². The third-order valence-electron chi connectivity index (χ3n) is 6.39. The molecule has 1 saturated heterocycles. The van der Waals surface area contributed by atoms with E-state index in [2.05, 4.69) is 12.1 Å². The van der Waals surface area contributed by atoms with E-state index in [4.69, 9.17) is 11.6 Å². The van der Waals surface area contributed by atoms with Crippen molar-refractivity contribution in [3.63, 3.8) is 0 Å². The van der Waals surface area contributed by atoms with Crippen LogP contribution in [-0.4, -0.2) is 41.3 Å². The fourth-order valence-corrected chi connectivity index (χ4v) is 7.62. The van der Waals surface area contributed by atoms with Crippen LogP contribution in [0.4, 0.5) is 0 Å². The van der Waals surface area contributed by atoms with E-state index in [1.807, 2.05) is 37.3 Å². The van der Waals surface area contributed by atoms with Crippen LogP contribution in [0.1, 0.15) is 29.2 Å². The van der Waals surface area contributed by atoms with Crippen LogP contribution >= 0.6 is 23.4 Å². The Balaban J connectivity index is 1.64. The molecule has 0 aromatic heterocycles. The number of hydrogen-bond acceptors (Lipinski definition) is 4. The lowest BCUT2D eigenvalue weighted by Gasteiger charge is -2.41. The minimum atomic E-state index is -3.91. The number of aliphatic carboxylic acids is 1. The molecule has 4 rings (SSSR count). The van der Waals surface area contributed by atoms with Crippen LogP contribution in [0.25, 0.3) is 0 Å². The number of carboxylic acid groups (broad SMARTS) is 1. The molecule has 0 bridgehead atoms. The maximum Gasteiger partial charge on any atom is 0.308 e. The number of carbonyl (C=O) groups is 1. The van der Waals surface area contributed by atoms with Crippen LogP contribution in [0.5, 0.6) is 0 Å². The summed E-state index contributed by atoms with van der Waals surface area (Å²) in [7, 11) is -3.91. The number of sulfonamides is 1. The Morgan fingerprint density at radius 1 is 1.03 bits per heavy atom. The number of nitrogens with zero attached hydrogens (tertiary/aromatic N) is 1. The standard InChI is InChI=1S/C27H28ClNO4S2/c1-19-7-13-23(14-8-19)35(32,33)29-18-24(27(30)31)26(34-16-15-20-5-3-2-4-6-20)17-25(29)21-9-11-22(28)12-10-21/h2-14,24-26H,15-18H2,1H3,(H,30,31)/t24-,25+,26-/m1/s1. The quantitative estimate of drug-likeness (QED) is 0.397. The minimum Gasteiger partial charge on any atom is -0.481 e.